The minimum atomic E-state index is 0.466. The Morgan fingerprint density at radius 1 is 1.05 bits per heavy atom. The molecule has 3 rings (SSSR count). The number of ether oxygens (including phenoxy) is 1. The van der Waals surface area contributed by atoms with Crippen LogP contribution < -0.4 is 5.32 Å². The Balaban J connectivity index is 1.70. The molecule has 0 bridgehead atoms. The molecule has 0 amide bonds. The topological polar surface area (TPSA) is 24.5 Å². The Hall–Kier alpha value is -0.120. The first-order valence-corrected chi connectivity index (χ1v) is 9.35. The van der Waals surface area contributed by atoms with Crippen molar-refractivity contribution in [3.63, 3.8) is 0 Å². The molecule has 3 heteroatoms. The highest BCUT2D eigenvalue weighted by molar-refractivity contribution is 5.04. The Bertz CT molecular complexity index is 302. The van der Waals surface area contributed by atoms with Crippen molar-refractivity contribution in [3.05, 3.63) is 0 Å². The number of likely N-dealkylation sites (N-methyl/N-ethyl adjacent to an activating group) is 1. The Kier molecular flexibility index (Phi) is 5.58. The Morgan fingerprint density at radius 3 is 2.33 bits per heavy atom. The summed E-state index contributed by atoms with van der Waals surface area (Å²) in [4.78, 5) is 2.88. The van der Waals surface area contributed by atoms with Gasteiger partial charge in [0.05, 0.1) is 0 Å². The fraction of sp³-hybridized carbons (Fsp3) is 1.00. The number of likely N-dealkylation sites (tertiary alicyclic amines) is 1. The molecule has 0 radical (unpaired) electrons. The fourth-order valence-corrected chi connectivity index (χ4v) is 5.13. The molecule has 1 aliphatic carbocycles. The van der Waals surface area contributed by atoms with Gasteiger partial charge in [-0.15, -0.1) is 0 Å². The van der Waals surface area contributed by atoms with Gasteiger partial charge in [-0.2, -0.15) is 0 Å². The van der Waals surface area contributed by atoms with Gasteiger partial charge in [0.2, 0.25) is 0 Å². The molecule has 0 aromatic carbocycles. The third-order valence-corrected chi connectivity index (χ3v) is 6.36. The van der Waals surface area contributed by atoms with E-state index in [0.717, 1.165) is 19.1 Å². The van der Waals surface area contributed by atoms with E-state index >= 15 is 0 Å². The second kappa shape index (κ2) is 7.43. The maximum atomic E-state index is 5.55. The predicted octanol–water partition coefficient (Wildman–Crippen LogP) is 3.19. The lowest BCUT2D eigenvalue weighted by atomic mass is 9.78. The lowest BCUT2D eigenvalue weighted by Crippen LogP contribution is -2.61. The number of rotatable bonds is 5. The summed E-state index contributed by atoms with van der Waals surface area (Å²) in [5.74, 6) is 0.874. The highest BCUT2D eigenvalue weighted by Gasteiger charge is 2.45. The van der Waals surface area contributed by atoms with Gasteiger partial charge in [-0.25, -0.2) is 0 Å². The molecule has 3 fully saturated rings. The van der Waals surface area contributed by atoms with Crippen LogP contribution in [0, 0.1) is 5.92 Å². The highest BCUT2D eigenvalue weighted by atomic mass is 16.5. The molecule has 0 spiro atoms. The molecular weight excluding hydrogens is 260 g/mol. The molecule has 122 valence electrons. The van der Waals surface area contributed by atoms with Crippen molar-refractivity contribution in [1.82, 2.24) is 10.2 Å². The van der Waals surface area contributed by atoms with Crippen LogP contribution in [0.25, 0.3) is 0 Å². The van der Waals surface area contributed by atoms with Gasteiger partial charge in [0.1, 0.15) is 0 Å². The minimum absolute atomic E-state index is 0.466. The highest BCUT2D eigenvalue weighted by Crippen LogP contribution is 2.42. The zero-order valence-corrected chi connectivity index (χ0v) is 13.9. The molecule has 1 atom stereocenters. The third-order valence-electron chi connectivity index (χ3n) is 6.36. The zero-order chi connectivity index (χ0) is 14.5. The van der Waals surface area contributed by atoms with Gasteiger partial charge < -0.3 is 10.1 Å². The molecular formula is C18H34N2O. The molecule has 1 N–H and O–H groups in total. The summed E-state index contributed by atoms with van der Waals surface area (Å²) >= 11 is 0. The van der Waals surface area contributed by atoms with Gasteiger partial charge in [-0.3, -0.25) is 4.90 Å². The van der Waals surface area contributed by atoms with Crippen LogP contribution in [0.4, 0.5) is 0 Å². The second-order valence-corrected chi connectivity index (χ2v) is 7.49. The SMILES string of the molecule is CNC(CC1CCOCC1)C1(N2CCCCC2)CCCC1. The number of hydrogen-bond donors (Lipinski definition) is 1. The first-order valence-electron chi connectivity index (χ1n) is 9.35. The molecule has 0 aromatic rings. The van der Waals surface area contributed by atoms with Gasteiger partial charge in [0, 0.05) is 24.8 Å². The summed E-state index contributed by atoms with van der Waals surface area (Å²) in [6.45, 7) is 4.65. The summed E-state index contributed by atoms with van der Waals surface area (Å²) < 4.78 is 5.55. The molecule has 3 aliphatic rings. The van der Waals surface area contributed by atoms with E-state index in [1.54, 1.807) is 0 Å². The van der Waals surface area contributed by atoms with Gasteiger partial charge in [-0.1, -0.05) is 19.3 Å². The average molecular weight is 294 g/mol. The monoisotopic (exact) mass is 294 g/mol. The minimum Gasteiger partial charge on any atom is -0.381 e. The molecule has 2 saturated heterocycles. The lowest BCUT2D eigenvalue weighted by molar-refractivity contribution is 0.0153. The van der Waals surface area contributed by atoms with Crippen LogP contribution >= 0.6 is 0 Å². The van der Waals surface area contributed by atoms with Crippen molar-refractivity contribution in [2.24, 2.45) is 5.92 Å². The van der Waals surface area contributed by atoms with E-state index in [1.807, 2.05) is 0 Å². The van der Waals surface area contributed by atoms with E-state index in [2.05, 4.69) is 17.3 Å². The fourth-order valence-electron chi connectivity index (χ4n) is 5.13. The Morgan fingerprint density at radius 2 is 1.71 bits per heavy atom. The average Bonchev–Trinajstić information content (AvgIpc) is 3.05. The van der Waals surface area contributed by atoms with E-state index in [-0.39, 0.29) is 0 Å². The van der Waals surface area contributed by atoms with E-state index in [0.29, 0.717) is 11.6 Å². The van der Waals surface area contributed by atoms with Crippen LogP contribution in [0.3, 0.4) is 0 Å². The third kappa shape index (κ3) is 3.46. The molecule has 1 saturated carbocycles. The quantitative estimate of drug-likeness (QED) is 0.843. The van der Waals surface area contributed by atoms with Crippen molar-refractivity contribution >= 4 is 0 Å². The lowest BCUT2D eigenvalue weighted by Gasteiger charge is -2.49. The maximum Gasteiger partial charge on any atom is 0.0468 e. The molecule has 1 unspecified atom stereocenters. The molecule has 2 aliphatic heterocycles. The summed E-state index contributed by atoms with van der Waals surface area (Å²) in [5, 5.41) is 3.75. The largest absolute Gasteiger partial charge is 0.381 e. The predicted molar refractivity (Wildman–Crippen MR) is 87.6 cm³/mol. The first-order chi connectivity index (χ1) is 10.3. The number of piperidine rings is 1. The van der Waals surface area contributed by atoms with Crippen LogP contribution in [0.1, 0.15) is 64.2 Å². The zero-order valence-electron chi connectivity index (χ0n) is 13.9. The van der Waals surface area contributed by atoms with E-state index in [4.69, 9.17) is 4.74 Å². The van der Waals surface area contributed by atoms with Crippen LogP contribution in [0.15, 0.2) is 0 Å². The van der Waals surface area contributed by atoms with Crippen LogP contribution in [-0.2, 0) is 4.74 Å². The first kappa shape index (κ1) is 15.8. The van der Waals surface area contributed by atoms with E-state index in [9.17, 15) is 0 Å². The molecule has 21 heavy (non-hydrogen) atoms. The van der Waals surface area contributed by atoms with Gasteiger partial charge in [-0.05, 0) is 71.0 Å². The van der Waals surface area contributed by atoms with Gasteiger partial charge in [0.25, 0.3) is 0 Å². The van der Waals surface area contributed by atoms with Crippen molar-refractivity contribution < 1.29 is 4.74 Å². The number of hydrogen-bond acceptors (Lipinski definition) is 3. The summed E-state index contributed by atoms with van der Waals surface area (Å²) in [7, 11) is 2.20. The summed E-state index contributed by atoms with van der Waals surface area (Å²) in [6.07, 6.45) is 13.9. The van der Waals surface area contributed by atoms with Crippen molar-refractivity contribution in [2.45, 2.75) is 75.8 Å². The molecule has 0 aromatic heterocycles. The smallest absolute Gasteiger partial charge is 0.0468 e. The van der Waals surface area contributed by atoms with Crippen LogP contribution in [0.5, 0.6) is 0 Å². The standard InChI is InChI=1S/C18H34N2O/c1-19-17(15-16-7-13-21-14-8-16)18(9-3-4-10-18)20-11-5-2-6-12-20/h16-17,19H,2-15H2,1H3. The van der Waals surface area contributed by atoms with Crippen molar-refractivity contribution in [1.29, 1.82) is 0 Å². The Labute approximate surface area is 130 Å². The van der Waals surface area contributed by atoms with E-state index in [1.165, 1.54) is 77.3 Å². The van der Waals surface area contributed by atoms with Gasteiger partial charge in [0.15, 0.2) is 0 Å². The normalized spacial score (nSPS) is 29.6. The maximum absolute atomic E-state index is 5.55. The summed E-state index contributed by atoms with van der Waals surface area (Å²) in [5.41, 5.74) is 0.466. The molecule has 3 nitrogen and oxygen atoms in total. The van der Waals surface area contributed by atoms with Gasteiger partial charge >= 0.3 is 0 Å². The van der Waals surface area contributed by atoms with E-state index < -0.39 is 0 Å². The number of nitrogens with zero attached hydrogens (tertiary/aromatic N) is 1. The number of nitrogens with one attached hydrogen (secondary N) is 1. The van der Waals surface area contributed by atoms with Crippen molar-refractivity contribution in [3.8, 4) is 0 Å². The van der Waals surface area contributed by atoms with Crippen LogP contribution in [-0.4, -0.2) is 49.8 Å². The van der Waals surface area contributed by atoms with Crippen LogP contribution in [0.2, 0.25) is 0 Å². The van der Waals surface area contributed by atoms with Crippen molar-refractivity contribution in [2.75, 3.05) is 33.4 Å². The second-order valence-electron chi connectivity index (χ2n) is 7.49. The molecule has 2 heterocycles. The summed E-state index contributed by atoms with van der Waals surface area (Å²) in [6, 6.07) is 0.682.